The van der Waals surface area contributed by atoms with Gasteiger partial charge < -0.3 is 18.6 Å². The highest BCUT2D eigenvalue weighted by Crippen LogP contribution is 2.25. The number of rotatable bonds is 6. The Hall–Kier alpha value is -2.28. The summed E-state index contributed by atoms with van der Waals surface area (Å²) in [6, 6.07) is 7.77. The van der Waals surface area contributed by atoms with Crippen molar-refractivity contribution < 1.29 is 28.2 Å². The van der Waals surface area contributed by atoms with Gasteiger partial charge in [-0.15, -0.1) is 0 Å². The van der Waals surface area contributed by atoms with Gasteiger partial charge in [0, 0.05) is 6.07 Å². The van der Waals surface area contributed by atoms with Crippen LogP contribution in [0.5, 0.6) is 11.5 Å². The summed E-state index contributed by atoms with van der Waals surface area (Å²) in [5.41, 5.74) is 0.303. The van der Waals surface area contributed by atoms with Gasteiger partial charge in [-0.1, -0.05) is 0 Å². The number of methoxy groups -OCH3 is 2. The maximum Gasteiger partial charge on any atom is 0.374 e. The van der Waals surface area contributed by atoms with E-state index < -0.39 is 18.4 Å². The third kappa shape index (κ3) is 3.67. The molecule has 1 aromatic carbocycles. The zero-order valence-electron chi connectivity index (χ0n) is 11.9. The second kappa shape index (κ2) is 7.13. The van der Waals surface area contributed by atoms with Crippen molar-refractivity contribution in [2.45, 2.75) is 0 Å². The monoisotopic (exact) mass is 368 g/mol. The molecule has 0 radical (unpaired) electrons. The maximum absolute atomic E-state index is 12.1. The van der Waals surface area contributed by atoms with E-state index in [0.29, 0.717) is 21.7 Å². The Balaban J connectivity index is 2.04. The maximum atomic E-state index is 12.1. The SMILES string of the molecule is COc1ccc(C(=O)COC(=O)c2ccc(Br)o2)c(OC)c1. The van der Waals surface area contributed by atoms with E-state index in [9.17, 15) is 9.59 Å². The number of furan rings is 1. The lowest BCUT2D eigenvalue weighted by atomic mass is 10.1. The van der Waals surface area contributed by atoms with Gasteiger partial charge in [0.25, 0.3) is 0 Å². The zero-order valence-corrected chi connectivity index (χ0v) is 13.5. The van der Waals surface area contributed by atoms with Crippen LogP contribution in [-0.2, 0) is 4.74 Å². The third-order valence-electron chi connectivity index (χ3n) is 2.82. The quantitative estimate of drug-likeness (QED) is 0.576. The van der Waals surface area contributed by atoms with Crippen LogP contribution in [0.1, 0.15) is 20.9 Å². The van der Waals surface area contributed by atoms with Gasteiger partial charge >= 0.3 is 5.97 Å². The fraction of sp³-hybridized carbons (Fsp3) is 0.200. The molecule has 0 aliphatic carbocycles. The highest BCUT2D eigenvalue weighted by molar-refractivity contribution is 9.10. The topological polar surface area (TPSA) is 75.0 Å². The smallest absolute Gasteiger partial charge is 0.374 e. The second-order valence-electron chi connectivity index (χ2n) is 4.17. The largest absolute Gasteiger partial charge is 0.497 e. The van der Waals surface area contributed by atoms with Gasteiger partial charge in [0.05, 0.1) is 19.8 Å². The molecule has 0 saturated heterocycles. The van der Waals surface area contributed by atoms with Crippen molar-refractivity contribution in [3.8, 4) is 11.5 Å². The predicted molar refractivity (Wildman–Crippen MR) is 80.6 cm³/mol. The molecule has 6 nitrogen and oxygen atoms in total. The summed E-state index contributed by atoms with van der Waals surface area (Å²) in [6.07, 6.45) is 0. The van der Waals surface area contributed by atoms with E-state index in [1.165, 1.54) is 20.3 Å². The summed E-state index contributed by atoms with van der Waals surface area (Å²) in [6.45, 7) is -0.417. The molecular formula is C15H13BrO6. The van der Waals surface area contributed by atoms with Crippen LogP contribution in [0.15, 0.2) is 39.4 Å². The Morgan fingerprint density at radius 3 is 2.50 bits per heavy atom. The standard InChI is InChI=1S/C15H13BrO6/c1-19-9-3-4-10(13(7-9)20-2)11(17)8-21-15(18)12-5-6-14(16)22-12/h3-7H,8H2,1-2H3. The lowest BCUT2D eigenvalue weighted by Crippen LogP contribution is -2.14. The molecule has 116 valence electrons. The molecule has 22 heavy (non-hydrogen) atoms. The summed E-state index contributed by atoms with van der Waals surface area (Å²) < 4.78 is 20.6. The van der Waals surface area contributed by atoms with Gasteiger partial charge in [0.15, 0.2) is 11.3 Å². The van der Waals surface area contributed by atoms with Crippen LogP contribution in [0.4, 0.5) is 0 Å². The van der Waals surface area contributed by atoms with E-state index in [4.69, 9.17) is 18.6 Å². The molecule has 0 atom stereocenters. The second-order valence-corrected chi connectivity index (χ2v) is 4.95. The molecule has 0 fully saturated rings. The Morgan fingerprint density at radius 1 is 1.14 bits per heavy atom. The first-order valence-corrected chi connectivity index (χ1v) is 7.02. The molecule has 0 saturated carbocycles. The number of halogens is 1. The Bertz CT molecular complexity index is 691. The van der Waals surface area contributed by atoms with Crippen molar-refractivity contribution in [1.29, 1.82) is 0 Å². The summed E-state index contributed by atoms with van der Waals surface area (Å²) in [4.78, 5) is 23.8. The molecule has 7 heteroatoms. The van der Waals surface area contributed by atoms with E-state index in [1.807, 2.05) is 0 Å². The third-order valence-corrected chi connectivity index (χ3v) is 3.24. The number of benzene rings is 1. The molecule has 1 aromatic heterocycles. The summed E-state index contributed by atoms with van der Waals surface area (Å²) in [7, 11) is 2.96. The first-order valence-electron chi connectivity index (χ1n) is 6.23. The van der Waals surface area contributed by atoms with Crippen LogP contribution in [0.3, 0.4) is 0 Å². The zero-order chi connectivity index (χ0) is 16.1. The van der Waals surface area contributed by atoms with Gasteiger partial charge in [-0.2, -0.15) is 0 Å². The average Bonchev–Trinajstić information content (AvgIpc) is 2.98. The van der Waals surface area contributed by atoms with Crippen LogP contribution >= 0.6 is 15.9 Å². The molecule has 0 N–H and O–H groups in total. The van der Waals surface area contributed by atoms with Crippen LogP contribution in [-0.4, -0.2) is 32.6 Å². The van der Waals surface area contributed by atoms with E-state index >= 15 is 0 Å². The first kappa shape index (κ1) is 16.1. The summed E-state index contributed by atoms with van der Waals surface area (Å²) >= 11 is 3.08. The molecule has 0 amide bonds. The van der Waals surface area contributed by atoms with Gasteiger partial charge in [0.1, 0.15) is 11.5 Å². The molecule has 2 rings (SSSR count). The molecule has 0 spiro atoms. The minimum absolute atomic E-state index is 0.0152. The van der Waals surface area contributed by atoms with Crippen LogP contribution < -0.4 is 9.47 Å². The lowest BCUT2D eigenvalue weighted by molar-refractivity contribution is 0.0442. The number of ether oxygens (including phenoxy) is 3. The number of carbonyl (C=O) groups is 2. The molecule has 1 heterocycles. The van der Waals surface area contributed by atoms with Gasteiger partial charge in [-0.25, -0.2) is 4.79 Å². The number of esters is 1. The van der Waals surface area contributed by atoms with Crippen LogP contribution in [0.25, 0.3) is 0 Å². The Morgan fingerprint density at radius 2 is 1.91 bits per heavy atom. The van der Waals surface area contributed by atoms with Crippen molar-refractivity contribution in [3.05, 3.63) is 46.3 Å². The van der Waals surface area contributed by atoms with Gasteiger partial charge in [-0.05, 0) is 40.2 Å². The van der Waals surface area contributed by atoms with Crippen molar-refractivity contribution in [3.63, 3.8) is 0 Å². The van der Waals surface area contributed by atoms with Crippen LogP contribution in [0.2, 0.25) is 0 Å². The van der Waals surface area contributed by atoms with Gasteiger partial charge in [-0.3, -0.25) is 4.79 Å². The highest BCUT2D eigenvalue weighted by atomic mass is 79.9. The fourth-order valence-electron chi connectivity index (χ4n) is 1.73. The number of hydrogen-bond acceptors (Lipinski definition) is 6. The lowest BCUT2D eigenvalue weighted by Gasteiger charge is -2.09. The molecule has 0 unspecified atom stereocenters. The van der Waals surface area contributed by atoms with E-state index in [1.54, 1.807) is 24.3 Å². The molecule has 0 aliphatic heterocycles. The minimum Gasteiger partial charge on any atom is -0.497 e. The Labute approximate surface area is 135 Å². The number of ketones is 1. The number of hydrogen-bond donors (Lipinski definition) is 0. The Kier molecular flexibility index (Phi) is 5.21. The van der Waals surface area contributed by atoms with Gasteiger partial charge in [0.2, 0.25) is 11.5 Å². The van der Waals surface area contributed by atoms with E-state index in [2.05, 4.69) is 15.9 Å². The molecule has 0 aliphatic rings. The van der Waals surface area contributed by atoms with E-state index in [0.717, 1.165) is 0 Å². The normalized spacial score (nSPS) is 10.1. The predicted octanol–water partition coefficient (Wildman–Crippen LogP) is 3.10. The molecule has 2 aromatic rings. The van der Waals surface area contributed by atoms with Crippen molar-refractivity contribution in [2.24, 2.45) is 0 Å². The van der Waals surface area contributed by atoms with Crippen LogP contribution in [0, 0.1) is 0 Å². The first-order chi connectivity index (χ1) is 10.5. The van der Waals surface area contributed by atoms with E-state index in [-0.39, 0.29) is 5.76 Å². The van der Waals surface area contributed by atoms with Crippen molar-refractivity contribution >= 4 is 27.7 Å². The summed E-state index contributed by atoms with van der Waals surface area (Å²) in [5.74, 6) is -0.182. The number of Topliss-reactive ketones (excluding diaryl/α,β-unsaturated/α-hetero) is 1. The fourth-order valence-corrected chi connectivity index (χ4v) is 2.04. The minimum atomic E-state index is -0.716. The highest BCUT2D eigenvalue weighted by Gasteiger charge is 2.18. The molecular weight excluding hydrogens is 356 g/mol. The summed E-state index contributed by atoms with van der Waals surface area (Å²) in [5, 5.41) is 0. The number of carbonyl (C=O) groups excluding carboxylic acids is 2. The van der Waals surface area contributed by atoms with Crippen molar-refractivity contribution in [2.75, 3.05) is 20.8 Å². The average molecular weight is 369 g/mol. The van der Waals surface area contributed by atoms with Crippen molar-refractivity contribution in [1.82, 2.24) is 0 Å². The molecule has 0 bridgehead atoms.